The molecule has 10 heteroatoms. The molecule has 0 saturated carbocycles. The summed E-state index contributed by atoms with van der Waals surface area (Å²) in [4.78, 5) is 13.4. The van der Waals surface area contributed by atoms with Crippen LogP contribution in [0.2, 0.25) is 0 Å². The molecular weight excluding hydrogens is 512 g/mol. The second kappa shape index (κ2) is 11.5. The topological polar surface area (TPSA) is 129 Å². The molecular formula is C29H24N6O3S. The number of hydrogen-bond donors (Lipinski definition) is 4. The lowest BCUT2D eigenvalue weighted by molar-refractivity contribution is 0.483. The fourth-order valence-corrected chi connectivity index (χ4v) is 4.44. The first-order valence-corrected chi connectivity index (χ1v) is 13.4. The lowest BCUT2D eigenvalue weighted by Crippen LogP contribution is -2.09. The summed E-state index contributed by atoms with van der Waals surface area (Å²) in [5.74, 6) is 0.798. The molecule has 5 rings (SSSR count). The molecule has 0 unspecified atom stereocenters. The van der Waals surface area contributed by atoms with E-state index in [0.717, 1.165) is 16.9 Å². The molecule has 0 aliphatic carbocycles. The molecule has 5 aromatic rings. The number of nitrogens with zero attached hydrogens (tertiary/aromatic N) is 3. The summed E-state index contributed by atoms with van der Waals surface area (Å²) >= 11 is 0. The Kier molecular flexibility index (Phi) is 7.58. The molecule has 0 saturated heterocycles. The second-order valence-corrected chi connectivity index (χ2v) is 9.74. The van der Waals surface area contributed by atoms with Gasteiger partial charge in [-0.15, -0.1) is 0 Å². The molecule has 9 nitrogen and oxygen atoms in total. The quantitative estimate of drug-likeness (QED) is 0.128. The molecule has 194 valence electrons. The second-order valence-electron chi connectivity index (χ2n) is 8.35. The van der Waals surface area contributed by atoms with E-state index in [0.29, 0.717) is 23.2 Å². The predicted octanol–water partition coefficient (Wildman–Crippen LogP) is 6.22. The fraction of sp³-hybridized carbons (Fsp3) is 0. The molecule has 0 atom stereocenters. The third kappa shape index (κ3) is 6.83. The number of anilines is 5. The number of hydrogen-bond acceptors (Lipinski definition) is 8. The zero-order valence-corrected chi connectivity index (χ0v) is 21.4. The van der Waals surface area contributed by atoms with E-state index in [1.54, 1.807) is 24.3 Å². The Balaban J connectivity index is 1.58. The van der Waals surface area contributed by atoms with Crippen LogP contribution < -0.4 is 16.0 Å². The van der Waals surface area contributed by atoms with Crippen LogP contribution in [-0.4, -0.2) is 27.9 Å². The van der Waals surface area contributed by atoms with E-state index in [2.05, 4.69) is 30.9 Å². The fourth-order valence-electron chi connectivity index (χ4n) is 3.76. The summed E-state index contributed by atoms with van der Waals surface area (Å²) in [5.41, 5.74) is 3.14. The van der Waals surface area contributed by atoms with Crippen LogP contribution >= 0.6 is 0 Å². The van der Waals surface area contributed by atoms with Crippen molar-refractivity contribution >= 4 is 51.1 Å². The Morgan fingerprint density at radius 1 is 0.615 bits per heavy atom. The summed E-state index contributed by atoms with van der Waals surface area (Å²) in [6.45, 7) is 0. The first kappa shape index (κ1) is 25.6. The summed E-state index contributed by atoms with van der Waals surface area (Å²) in [7, 11) is -4.45. The van der Waals surface area contributed by atoms with E-state index in [-0.39, 0.29) is 10.8 Å². The summed E-state index contributed by atoms with van der Waals surface area (Å²) in [5, 5.41) is 9.59. The average Bonchev–Trinajstić information content (AvgIpc) is 2.94. The van der Waals surface area contributed by atoms with Crippen molar-refractivity contribution < 1.29 is 13.0 Å². The Hall–Kier alpha value is -5.06. The molecule has 39 heavy (non-hydrogen) atoms. The van der Waals surface area contributed by atoms with Crippen molar-refractivity contribution in [3.05, 3.63) is 126 Å². The third-order valence-corrected chi connectivity index (χ3v) is 6.45. The smallest absolute Gasteiger partial charge is 0.295 e. The number of para-hydroxylation sites is 2. The minimum atomic E-state index is -4.45. The van der Waals surface area contributed by atoms with Gasteiger partial charge in [-0.05, 0) is 47.5 Å². The highest BCUT2D eigenvalue weighted by molar-refractivity contribution is 7.85. The summed E-state index contributed by atoms with van der Waals surface area (Å²) < 4.78 is 33.8. The zero-order chi connectivity index (χ0) is 27.1. The number of nitrogens with one attached hydrogen (secondary N) is 3. The first-order valence-electron chi connectivity index (χ1n) is 11.9. The van der Waals surface area contributed by atoms with E-state index in [1.165, 1.54) is 6.07 Å². The van der Waals surface area contributed by atoms with Crippen LogP contribution in [0.15, 0.2) is 120 Å². The van der Waals surface area contributed by atoms with Gasteiger partial charge in [-0.2, -0.15) is 23.4 Å². The first-order chi connectivity index (χ1) is 18.9. The maximum atomic E-state index is 12.0. The normalized spacial score (nSPS) is 11.6. The number of aromatic nitrogens is 3. The number of benzene rings is 4. The molecule has 0 fully saturated rings. The molecule has 0 spiro atoms. The van der Waals surface area contributed by atoms with Crippen LogP contribution in [0.5, 0.6) is 0 Å². The van der Waals surface area contributed by atoms with Gasteiger partial charge in [0.1, 0.15) is 4.90 Å². The lowest BCUT2D eigenvalue weighted by Gasteiger charge is -2.14. The highest BCUT2D eigenvalue weighted by atomic mass is 32.2. The minimum Gasteiger partial charge on any atom is -0.324 e. The van der Waals surface area contributed by atoms with Gasteiger partial charge in [0, 0.05) is 17.1 Å². The molecule has 1 heterocycles. The SMILES string of the molecule is O=S(=O)(O)c1ccccc1C=C(Nc1nc(Nc2ccccc2)nc(Nc2ccccc2)n1)c1ccccc1. The zero-order valence-electron chi connectivity index (χ0n) is 20.6. The van der Waals surface area contributed by atoms with E-state index in [4.69, 9.17) is 0 Å². The van der Waals surface area contributed by atoms with Crippen LogP contribution in [0.3, 0.4) is 0 Å². The van der Waals surface area contributed by atoms with Crippen molar-refractivity contribution in [1.82, 2.24) is 15.0 Å². The number of rotatable bonds is 9. The Morgan fingerprint density at radius 3 is 1.62 bits per heavy atom. The Bertz CT molecular complexity index is 1640. The summed E-state index contributed by atoms with van der Waals surface area (Å²) in [6.07, 6.45) is 1.62. The Morgan fingerprint density at radius 2 is 1.08 bits per heavy atom. The molecule has 1 aromatic heterocycles. The van der Waals surface area contributed by atoms with Crippen molar-refractivity contribution in [2.75, 3.05) is 16.0 Å². The highest BCUT2D eigenvalue weighted by Crippen LogP contribution is 2.25. The lowest BCUT2D eigenvalue weighted by atomic mass is 10.1. The van der Waals surface area contributed by atoms with E-state index in [9.17, 15) is 13.0 Å². The largest absolute Gasteiger partial charge is 0.324 e. The van der Waals surface area contributed by atoms with Gasteiger partial charge < -0.3 is 16.0 Å². The van der Waals surface area contributed by atoms with Crippen LogP contribution in [0.4, 0.5) is 29.2 Å². The van der Waals surface area contributed by atoms with Gasteiger partial charge in [0.2, 0.25) is 17.8 Å². The Labute approximate surface area is 226 Å². The summed E-state index contributed by atoms with van der Waals surface area (Å²) in [6, 6.07) is 34.5. The van der Waals surface area contributed by atoms with Crippen LogP contribution in [0, 0.1) is 0 Å². The predicted molar refractivity (Wildman–Crippen MR) is 153 cm³/mol. The van der Waals surface area contributed by atoms with Gasteiger partial charge in [-0.1, -0.05) is 84.9 Å². The van der Waals surface area contributed by atoms with Gasteiger partial charge in [-0.3, -0.25) is 4.55 Å². The van der Waals surface area contributed by atoms with Gasteiger partial charge in [0.05, 0.1) is 0 Å². The van der Waals surface area contributed by atoms with Crippen molar-refractivity contribution in [3.8, 4) is 0 Å². The molecule has 0 aliphatic heterocycles. The van der Waals surface area contributed by atoms with Crippen molar-refractivity contribution in [1.29, 1.82) is 0 Å². The van der Waals surface area contributed by atoms with E-state index < -0.39 is 10.1 Å². The van der Waals surface area contributed by atoms with Gasteiger partial charge in [0.25, 0.3) is 10.1 Å². The van der Waals surface area contributed by atoms with Crippen LogP contribution in [0.25, 0.3) is 11.8 Å². The minimum absolute atomic E-state index is 0.210. The maximum Gasteiger partial charge on any atom is 0.295 e. The molecule has 0 amide bonds. The van der Waals surface area contributed by atoms with Gasteiger partial charge in [-0.25, -0.2) is 0 Å². The molecule has 4 aromatic carbocycles. The highest BCUT2D eigenvalue weighted by Gasteiger charge is 2.16. The average molecular weight is 537 g/mol. The molecule has 0 aliphatic rings. The van der Waals surface area contributed by atoms with Gasteiger partial charge >= 0.3 is 0 Å². The van der Waals surface area contributed by atoms with E-state index >= 15 is 0 Å². The van der Waals surface area contributed by atoms with Crippen molar-refractivity contribution in [3.63, 3.8) is 0 Å². The van der Waals surface area contributed by atoms with Crippen molar-refractivity contribution in [2.24, 2.45) is 0 Å². The standard InChI is InChI=1S/C29H24N6O3S/c36-39(37,38)26-19-11-10-14-22(26)20-25(21-12-4-1-5-13-21)32-29-34-27(30-23-15-6-2-7-16-23)33-28(35-29)31-24-17-8-3-9-18-24/h1-20H,(H,36,37,38)(H3,30,31,32,33,34,35). The third-order valence-electron chi connectivity index (χ3n) is 5.52. The molecule has 0 radical (unpaired) electrons. The van der Waals surface area contributed by atoms with E-state index in [1.807, 2.05) is 91.0 Å². The maximum absolute atomic E-state index is 12.0. The van der Waals surface area contributed by atoms with Crippen LogP contribution in [0.1, 0.15) is 11.1 Å². The van der Waals surface area contributed by atoms with Crippen LogP contribution in [-0.2, 0) is 10.1 Å². The monoisotopic (exact) mass is 536 g/mol. The molecule has 0 bridgehead atoms. The van der Waals surface area contributed by atoms with Crippen molar-refractivity contribution in [2.45, 2.75) is 4.90 Å². The molecule has 4 N–H and O–H groups in total. The van der Waals surface area contributed by atoms with Gasteiger partial charge in [0.15, 0.2) is 0 Å².